The Bertz CT molecular complexity index is 879. The molecular formula is C18H16F4N2O3. The van der Waals surface area contributed by atoms with E-state index in [0.717, 1.165) is 19.2 Å². The van der Waals surface area contributed by atoms with Gasteiger partial charge in [0, 0.05) is 25.3 Å². The Morgan fingerprint density at radius 3 is 2.22 bits per heavy atom. The lowest BCUT2D eigenvalue weighted by Crippen LogP contribution is -2.16. The maximum atomic E-state index is 14.0. The van der Waals surface area contributed by atoms with Gasteiger partial charge in [-0.25, -0.2) is 9.18 Å². The molecule has 5 nitrogen and oxygen atoms in total. The van der Waals surface area contributed by atoms with E-state index < -0.39 is 29.4 Å². The molecule has 0 spiro atoms. The molecule has 1 amide bonds. The lowest BCUT2D eigenvalue weighted by Gasteiger charge is -2.15. The first-order valence-corrected chi connectivity index (χ1v) is 7.61. The van der Waals surface area contributed by atoms with Crippen molar-refractivity contribution in [3.63, 3.8) is 0 Å². The van der Waals surface area contributed by atoms with Crippen LogP contribution in [-0.4, -0.2) is 33.1 Å². The van der Waals surface area contributed by atoms with Crippen LogP contribution < -0.4 is 10.2 Å². The van der Waals surface area contributed by atoms with Crippen LogP contribution in [0.15, 0.2) is 36.4 Å². The van der Waals surface area contributed by atoms with E-state index in [1.54, 1.807) is 14.1 Å². The number of halogens is 4. The summed E-state index contributed by atoms with van der Waals surface area (Å²) in [5.41, 5.74) is -1.62. The monoisotopic (exact) mass is 384 g/mol. The fourth-order valence-corrected chi connectivity index (χ4v) is 2.31. The molecule has 27 heavy (non-hydrogen) atoms. The summed E-state index contributed by atoms with van der Waals surface area (Å²) in [7, 11) is 4.26. The van der Waals surface area contributed by atoms with E-state index in [0.29, 0.717) is 12.1 Å². The van der Waals surface area contributed by atoms with Crippen molar-refractivity contribution < 1.29 is 31.9 Å². The molecule has 0 saturated carbocycles. The van der Waals surface area contributed by atoms with E-state index in [1.807, 2.05) is 0 Å². The first kappa shape index (κ1) is 20.2. The molecule has 2 aromatic rings. The fraction of sp³-hybridized carbons (Fsp3) is 0.222. The van der Waals surface area contributed by atoms with Gasteiger partial charge >= 0.3 is 12.1 Å². The number of carbonyl (C=O) groups is 2. The van der Waals surface area contributed by atoms with Gasteiger partial charge in [0.25, 0.3) is 5.91 Å². The Kier molecular flexibility index (Phi) is 5.72. The third kappa shape index (κ3) is 4.75. The SMILES string of the molecule is COC(=O)c1cc(NC(=O)c2ccc(N(C)C)c(F)c2)cc(C(F)(F)F)c1. The average Bonchev–Trinajstić information content (AvgIpc) is 2.59. The molecule has 0 saturated heterocycles. The summed E-state index contributed by atoms with van der Waals surface area (Å²) < 4.78 is 57.5. The van der Waals surface area contributed by atoms with Gasteiger partial charge in [0.2, 0.25) is 0 Å². The fourth-order valence-electron chi connectivity index (χ4n) is 2.31. The normalized spacial score (nSPS) is 11.1. The van der Waals surface area contributed by atoms with Gasteiger partial charge in [-0.05, 0) is 36.4 Å². The van der Waals surface area contributed by atoms with E-state index in [4.69, 9.17) is 0 Å². The predicted molar refractivity (Wildman–Crippen MR) is 91.5 cm³/mol. The second-order valence-corrected chi connectivity index (χ2v) is 5.80. The number of hydrogen-bond acceptors (Lipinski definition) is 4. The van der Waals surface area contributed by atoms with Crippen molar-refractivity contribution >= 4 is 23.3 Å². The van der Waals surface area contributed by atoms with Crippen LogP contribution in [0.25, 0.3) is 0 Å². The lowest BCUT2D eigenvalue weighted by atomic mass is 10.1. The predicted octanol–water partition coefficient (Wildman–Crippen LogP) is 3.95. The van der Waals surface area contributed by atoms with Crippen LogP contribution in [0.5, 0.6) is 0 Å². The van der Waals surface area contributed by atoms with Crippen molar-refractivity contribution in [1.82, 2.24) is 0 Å². The Morgan fingerprint density at radius 1 is 1.04 bits per heavy atom. The van der Waals surface area contributed by atoms with E-state index in [2.05, 4.69) is 10.1 Å². The van der Waals surface area contributed by atoms with Gasteiger partial charge in [-0.3, -0.25) is 4.79 Å². The van der Waals surface area contributed by atoms with E-state index in [9.17, 15) is 27.2 Å². The summed E-state index contributed by atoms with van der Waals surface area (Å²) in [6.45, 7) is 0. The zero-order valence-corrected chi connectivity index (χ0v) is 14.6. The number of amides is 1. The van der Waals surface area contributed by atoms with Gasteiger partial charge in [-0.15, -0.1) is 0 Å². The standard InChI is InChI=1S/C18H16F4N2O3/c1-24(2)15-5-4-10(8-14(15)19)16(25)23-13-7-11(17(26)27-3)6-12(9-13)18(20,21)22/h4-9H,1-3H3,(H,23,25). The third-order valence-corrected chi connectivity index (χ3v) is 3.63. The molecule has 2 rings (SSSR count). The highest BCUT2D eigenvalue weighted by Gasteiger charge is 2.32. The molecule has 0 aliphatic rings. The number of rotatable bonds is 4. The van der Waals surface area contributed by atoms with Crippen LogP contribution in [0.3, 0.4) is 0 Å². The van der Waals surface area contributed by atoms with Crippen molar-refractivity contribution in [2.45, 2.75) is 6.18 Å². The molecule has 0 heterocycles. The van der Waals surface area contributed by atoms with Gasteiger partial charge < -0.3 is 15.0 Å². The number of methoxy groups -OCH3 is 1. The summed E-state index contributed by atoms with van der Waals surface area (Å²) >= 11 is 0. The average molecular weight is 384 g/mol. The topological polar surface area (TPSA) is 58.6 Å². The summed E-state index contributed by atoms with van der Waals surface area (Å²) in [6, 6.07) is 6.02. The van der Waals surface area contributed by atoms with E-state index in [1.165, 1.54) is 17.0 Å². The van der Waals surface area contributed by atoms with Gasteiger partial charge in [-0.1, -0.05) is 0 Å². The van der Waals surface area contributed by atoms with Gasteiger partial charge in [0.15, 0.2) is 0 Å². The van der Waals surface area contributed by atoms with Gasteiger partial charge in [0.05, 0.1) is 23.9 Å². The summed E-state index contributed by atoms with van der Waals surface area (Å²) in [5, 5.41) is 2.24. The molecule has 0 atom stereocenters. The quantitative estimate of drug-likeness (QED) is 0.641. The van der Waals surface area contributed by atoms with Crippen LogP contribution in [-0.2, 0) is 10.9 Å². The Morgan fingerprint density at radius 2 is 1.70 bits per heavy atom. The molecule has 0 aliphatic carbocycles. The molecule has 0 aromatic heterocycles. The molecule has 2 aromatic carbocycles. The van der Waals surface area contributed by atoms with E-state index >= 15 is 0 Å². The highest BCUT2D eigenvalue weighted by atomic mass is 19.4. The highest BCUT2D eigenvalue weighted by molar-refractivity contribution is 6.05. The molecule has 0 unspecified atom stereocenters. The minimum absolute atomic E-state index is 0.0878. The van der Waals surface area contributed by atoms with Crippen molar-refractivity contribution in [3.05, 3.63) is 58.9 Å². The minimum Gasteiger partial charge on any atom is -0.465 e. The number of ether oxygens (including phenoxy) is 1. The Labute approximate surface area is 152 Å². The molecule has 0 aliphatic heterocycles. The smallest absolute Gasteiger partial charge is 0.416 e. The van der Waals surface area contributed by atoms with Crippen molar-refractivity contribution in [2.75, 3.05) is 31.4 Å². The van der Waals surface area contributed by atoms with Crippen LogP contribution in [0.1, 0.15) is 26.3 Å². The third-order valence-electron chi connectivity index (χ3n) is 3.63. The Hall–Kier alpha value is -3.10. The second kappa shape index (κ2) is 7.65. The van der Waals surface area contributed by atoms with Gasteiger partial charge in [0.1, 0.15) is 5.82 Å². The first-order valence-electron chi connectivity index (χ1n) is 7.61. The van der Waals surface area contributed by atoms with Crippen LogP contribution in [0, 0.1) is 5.82 Å². The number of nitrogens with one attached hydrogen (secondary N) is 1. The zero-order chi connectivity index (χ0) is 20.4. The maximum absolute atomic E-state index is 14.0. The molecule has 144 valence electrons. The van der Waals surface area contributed by atoms with E-state index in [-0.39, 0.29) is 22.5 Å². The van der Waals surface area contributed by atoms with Crippen LogP contribution >= 0.6 is 0 Å². The molecule has 9 heteroatoms. The van der Waals surface area contributed by atoms with Crippen molar-refractivity contribution in [1.29, 1.82) is 0 Å². The molecule has 0 radical (unpaired) electrons. The van der Waals surface area contributed by atoms with Crippen molar-refractivity contribution in [2.24, 2.45) is 0 Å². The molecule has 1 N–H and O–H groups in total. The van der Waals surface area contributed by atoms with Crippen LogP contribution in [0.2, 0.25) is 0 Å². The minimum atomic E-state index is -4.73. The second-order valence-electron chi connectivity index (χ2n) is 5.80. The summed E-state index contributed by atoms with van der Waals surface area (Å²) in [5.74, 6) is -2.47. The number of carbonyl (C=O) groups excluding carboxylic acids is 2. The van der Waals surface area contributed by atoms with Crippen LogP contribution in [0.4, 0.5) is 28.9 Å². The number of alkyl halides is 3. The lowest BCUT2D eigenvalue weighted by molar-refractivity contribution is -0.137. The summed E-state index contributed by atoms with van der Waals surface area (Å²) in [6.07, 6.45) is -4.73. The highest BCUT2D eigenvalue weighted by Crippen LogP contribution is 2.32. The molecule has 0 fully saturated rings. The largest absolute Gasteiger partial charge is 0.465 e. The van der Waals surface area contributed by atoms with Crippen molar-refractivity contribution in [3.8, 4) is 0 Å². The summed E-state index contributed by atoms with van der Waals surface area (Å²) in [4.78, 5) is 25.4. The molecule has 0 bridgehead atoms. The zero-order valence-electron chi connectivity index (χ0n) is 14.6. The Balaban J connectivity index is 2.37. The molecular weight excluding hydrogens is 368 g/mol. The number of hydrogen-bond donors (Lipinski definition) is 1. The van der Waals surface area contributed by atoms with Gasteiger partial charge in [-0.2, -0.15) is 13.2 Å². The number of anilines is 2. The number of benzene rings is 2. The first-order chi connectivity index (χ1) is 12.5. The number of esters is 1. The number of nitrogens with zero attached hydrogens (tertiary/aromatic N) is 1. The maximum Gasteiger partial charge on any atom is 0.416 e.